The summed E-state index contributed by atoms with van der Waals surface area (Å²) < 4.78 is 5.52. The minimum Gasteiger partial charge on any atom is -0.381 e. The molecule has 8 nitrogen and oxygen atoms in total. The first kappa shape index (κ1) is 24.2. The predicted molar refractivity (Wildman–Crippen MR) is 147 cm³/mol. The number of halogens is 1. The number of aromatic amines is 1. The SMILES string of the molecule is CC([C@@H]1CSC(c2cc3cc(Cl)cc(NC4CCOCC4)c3[nH]2)=N1)N1CCNCC1c1cnccn1. The van der Waals surface area contributed by atoms with Gasteiger partial charge < -0.3 is 20.4 Å². The van der Waals surface area contributed by atoms with Crippen molar-refractivity contribution in [1.29, 1.82) is 0 Å². The number of thioether (sulfide) groups is 1. The maximum atomic E-state index is 6.49. The highest BCUT2D eigenvalue weighted by atomic mass is 35.5. The van der Waals surface area contributed by atoms with Crippen LogP contribution in [0.2, 0.25) is 5.02 Å². The smallest absolute Gasteiger partial charge is 0.114 e. The van der Waals surface area contributed by atoms with E-state index in [0.717, 1.165) is 89.5 Å². The Labute approximate surface area is 220 Å². The fraction of sp³-hybridized carbons (Fsp3) is 0.500. The van der Waals surface area contributed by atoms with Gasteiger partial charge in [-0.15, -0.1) is 11.8 Å². The maximum absolute atomic E-state index is 6.49. The highest BCUT2D eigenvalue weighted by Crippen LogP contribution is 2.34. The van der Waals surface area contributed by atoms with Crippen molar-refractivity contribution in [3.8, 4) is 0 Å². The Morgan fingerprint density at radius 1 is 1.22 bits per heavy atom. The Morgan fingerprint density at radius 3 is 2.94 bits per heavy atom. The number of aromatic nitrogens is 3. The van der Waals surface area contributed by atoms with Crippen molar-refractivity contribution in [1.82, 2.24) is 25.2 Å². The Hall–Kier alpha value is -2.17. The summed E-state index contributed by atoms with van der Waals surface area (Å²) in [7, 11) is 0. The van der Waals surface area contributed by atoms with Gasteiger partial charge in [0.1, 0.15) is 5.04 Å². The first-order valence-corrected chi connectivity index (χ1v) is 14.1. The molecule has 36 heavy (non-hydrogen) atoms. The second-order valence-corrected chi connectivity index (χ2v) is 11.2. The van der Waals surface area contributed by atoms with Gasteiger partial charge in [-0.3, -0.25) is 19.9 Å². The third-order valence-corrected chi connectivity index (χ3v) is 8.79. The molecule has 0 bridgehead atoms. The molecule has 3 aromatic rings. The van der Waals surface area contributed by atoms with Crippen LogP contribution in [0.4, 0.5) is 5.69 Å². The Kier molecular flexibility index (Phi) is 7.17. The van der Waals surface area contributed by atoms with E-state index in [1.807, 2.05) is 30.1 Å². The molecule has 3 atom stereocenters. The summed E-state index contributed by atoms with van der Waals surface area (Å²) in [5.74, 6) is 0.969. The zero-order chi connectivity index (χ0) is 24.5. The zero-order valence-corrected chi connectivity index (χ0v) is 22.0. The molecule has 190 valence electrons. The van der Waals surface area contributed by atoms with Crippen molar-refractivity contribution in [2.24, 2.45) is 4.99 Å². The molecule has 2 unspecified atom stereocenters. The number of piperazine rings is 1. The molecule has 0 amide bonds. The fourth-order valence-corrected chi connectivity index (χ4v) is 6.85. The van der Waals surface area contributed by atoms with Gasteiger partial charge in [-0.25, -0.2) is 0 Å². The molecule has 1 aromatic carbocycles. The third kappa shape index (κ3) is 4.99. The van der Waals surface area contributed by atoms with Gasteiger partial charge in [0, 0.05) is 73.5 Å². The summed E-state index contributed by atoms with van der Waals surface area (Å²) >= 11 is 8.32. The van der Waals surface area contributed by atoms with Crippen LogP contribution in [0.5, 0.6) is 0 Å². The first-order chi connectivity index (χ1) is 17.7. The number of fused-ring (bicyclic) bond motifs is 1. The van der Waals surface area contributed by atoms with E-state index < -0.39 is 0 Å². The van der Waals surface area contributed by atoms with Gasteiger partial charge in [-0.05, 0) is 38.0 Å². The van der Waals surface area contributed by atoms with E-state index >= 15 is 0 Å². The average Bonchev–Trinajstić information content (AvgIpc) is 3.57. The molecule has 5 heterocycles. The van der Waals surface area contributed by atoms with Crippen molar-refractivity contribution in [3.63, 3.8) is 0 Å². The van der Waals surface area contributed by atoms with Crippen LogP contribution in [-0.4, -0.2) is 81.6 Å². The average molecular weight is 526 g/mol. The van der Waals surface area contributed by atoms with E-state index in [1.165, 1.54) is 0 Å². The second kappa shape index (κ2) is 10.7. The van der Waals surface area contributed by atoms with Crippen molar-refractivity contribution in [2.75, 3.05) is 43.9 Å². The molecular formula is C26H32ClN7OS. The van der Waals surface area contributed by atoms with Gasteiger partial charge in [0.05, 0.1) is 40.9 Å². The lowest BCUT2D eigenvalue weighted by Gasteiger charge is -2.41. The van der Waals surface area contributed by atoms with Crippen LogP contribution in [0.1, 0.15) is 37.2 Å². The summed E-state index contributed by atoms with van der Waals surface area (Å²) in [5.41, 5.74) is 4.22. The number of rotatable bonds is 6. The number of ether oxygens (including phenoxy) is 1. The van der Waals surface area contributed by atoms with Crippen LogP contribution in [0.15, 0.2) is 41.8 Å². The van der Waals surface area contributed by atoms with Crippen LogP contribution < -0.4 is 10.6 Å². The van der Waals surface area contributed by atoms with E-state index in [4.69, 9.17) is 21.3 Å². The van der Waals surface area contributed by atoms with Crippen molar-refractivity contribution < 1.29 is 4.74 Å². The van der Waals surface area contributed by atoms with E-state index in [-0.39, 0.29) is 12.1 Å². The third-order valence-electron chi connectivity index (χ3n) is 7.47. The number of H-pyrrole nitrogens is 1. The topological polar surface area (TPSA) is 90.5 Å². The number of anilines is 1. The maximum Gasteiger partial charge on any atom is 0.114 e. The van der Waals surface area contributed by atoms with Gasteiger partial charge in [-0.2, -0.15) is 0 Å². The van der Waals surface area contributed by atoms with E-state index in [0.29, 0.717) is 12.1 Å². The van der Waals surface area contributed by atoms with Gasteiger partial charge in [0.2, 0.25) is 0 Å². The summed E-state index contributed by atoms with van der Waals surface area (Å²) in [6.45, 7) is 6.73. The predicted octanol–water partition coefficient (Wildman–Crippen LogP) is 4.10. The number of benzene rings is 1. The van der Waals surface area contributed by atoms with E-state index in [2.05, 4.69) is 43.5 Å². The lowest BCUT2D eigenvalue weighted by Crippen LogP contribution is -2.53. The molecule has 0 saturated carbocycles. The minimum atomic E-state index is 0.209. The van der Waals surface area contributed by atoms with Crippen molar-refractivity contribution >= 4 is 45.0 Å². The molecule has 3 aliphatic rings. The Bertz CT molecular complexity index is 1230. The van der Waals surface area contributed by atoms with E-state index in [9.17, 15) is 0 Å². The van der Waals surface area contributed by atoms with Crippen molar-refractivity contribution in [2.45, 2.75) is 43.9 Å². The monoisotopic (exact) mass is 525 g/mol. The molecule has 2 saturated heterocycles. The molecule has 3 N–H and O–H groups in total. The normalized spacial score (nSPS) is 24.7. The number of nitrogens with one attached hydrogen (secondary N) is 3. The minimum absolute atomic E-state index is 0.209. The molecule has 2 fully saturated rings. The molecule has 3 aliphatic heterocycles. The molecule has 10 heteroatoms. The highest BCUT2D eigenvalue weighted by Gasteiger charge is 2.35. The van der Waals surface area contributed by atoms with Crippen LogP contribution in [-0.2, 0) is 4.74 Å². The molecule has 0 aliphatic carbocycles. The van der Waals surface area contributed by atoms with Crippen LogP contribution in [0.25, 0.3) is 10.9 Å². The second-order valence-electron chi connectivity index (χ2n) is 9.77. The molecule has 0 radical (unpaired) electrons. The quantitative estimate of drug-likeness (QED) is 0.446. The van der Waals surface area contributed by atoms with E-state index in [1.54, 1.807) is 12.4 Å². The summed E-state index contributed by atoms with van der Waals surface area (Å²) in [6.07, 6.45) is 7.41. The Morgan fingerprint density at radius 2 is 2.11 bits per heavy atom. The van der Waals surface area contributed by atoms with Crippen LogP contribution >= 0.6 is 23.4 Å². The summed E-state index contributed by atoms with van der Waals surface area (Å²) in [5, 5.41) is 10.1. The molecular weight excluding hydrogens is 494 g/mol. The largest absolute Gasteiger partial charge is 0.381 e. The molecule has 0 spiro atoms. The van der Waals surface area contributed by atoms with Crippen LogP contribution in [0.3, 0.4) is 0 Å². The fourth-order valence-electron chi connectivity index (χ4n) is 5.47. The standard InChI is InChI=1S/C26H32ClN7OS/c1-16(34-7-6-29-14-24(34)22-13-28-4-5-30-22)23-15-36-26(33-23)21-11-17-10-18(27)12-20(25(17)32-21)31-19-2-8-35-9-3-19/h4-5,10-13,16,19,23-24,29,31-32H,2-3,6-9,14-15H2,1H3/t16?,23-,24?/m0/s1. The molecule has 6 rings (SSSR count). The van der Waals surface area contributed by atoms with Gasteiger partial charge in [0.25, 0.3) is 0 Å². The van der Waals surface area contributed by atoms with Gasteiger partial charge >= 0.3 is 0 Å². The number of nitrogens with zero attached hydrogens (tertiary/aromatic N) is 4. The van der Waals surface area contributed by atoms with Gasteiger partial charge in [0.15, 0.2) is 0 Å². The number of aliphatic imine (C=N–C) groups is 1. The lowest BCUT2D eigenvalue weighted by atomic mass is 10.0. The lowest BCUT2D eigenvalue weighted by molar-refractivity contribution is 0.0905. The zero-order valence-electron chi connectivity index (χ0n) is 20.4. The van der Waals surface area contributed by atoms with Gasteiger partial charge in [-0.1, -0.05) is 11.6 Å². The Balaban J connectivity index is 1.23. The van der Waals surface area contributed by atoms with Crippen molar-refractivity contribution in [3.05, 3.63) is 53.2 Å². The number of hydrogen-bond acceptors (Lipinski definition) is 8. The number of hydrogen-bond donors (Lipinski definition) is 3. The highest BCUT2D eigenvalue weighted by molar-refractivity contribution is 8.14. The summed E-state index contributed by atoms with van der Waals surface area (Å²) in [6, 6.07) is 7.36. The first-order valence-electron chi connectivity index (χ1n) is 12.8. The van der Waals surface area contributed by atoms with Crippen LogP contribution in [0, 0.1) is 0 Å². The summed E-state index contributed by atoms with van der Waals surface area (Å²) in [4.78, 5) is 20.3. The molecule has 2 aromatic heterocycles.